The Kier molecular flexibility index (Phi) is 3.49. The van der Waals surface area contributed by atoms with Gasteiger partial charge >= 0.3 is 0 Å². The van der Waals surface area contributed by atoms with E-state index in [1.165, 1.54) is 0 Å². The number of nitrogens with zero attached hydrogens (tertiary/aromatic N) is 4. The summed E-state index contributed by atoms with van der Waals surface area (Å²) in [6.45, 7) is 2.98. The zero-order valence-corrected chi connectivity index (χ0v) is 13.4. The Morgan fingerprint density at radius 1 is 1.08 bits per heavy atom. The Morgan fingerprint density at radius 2 is 1.88 bits per heavy atom. The van der Waals surface area contributed by atoms with Crippen molar-refractivity contribution in [3.8, 4) is 28.6 Å². The van der Waals surface area contributed by atoms with Gasteiger partial charge in [0.2, 0.25) is 5.82 Å². The normalized spacial score (nSPS) is 11.1. The Labute approximate surface area is 138 Å². The van der Waals surface area contributed by atoms with Crippen LogP contribution >= 0.6 is 0 Å². The fraction of sp³-hybridized carbons (Fsp3) is 0.167. The Bertz CT molecular complexity index is 986. The molecule has 0 aliphatic heterocycles. The third kappa shape index (κ3) is 2.42. The molecule has 0 atom stereocenters. The van der Waals surface area contributed by atoms with Gasteiger partial charge in [-0.3, -0.25) is 0 Å². The molecule has 2 heterocycles. The molecule has 0 bridgehead atoms. The van der Waals surface area contributed by atoms with Crippen LogP contribution in [-0.4, -0.2) is 26.8 Å². The molecular formula is C18H16N4O2. The molecule has 4 aromatic rings. The monoisotopic (exact) mass is 320 g/mol. The highest BCUT2D eigenvalue weighted by Crippen LogP contribution is 2.26. The van der Waals surface area contributed by atoms with E-state index < -0.39 is 0 Å². The minimum Gasteiger partial charge on any atom is -0.497 e. The van der Waals surface area contributed by atoms with Crippen LogP contribution < -0.4 is 4.74 Å². The van der Waals surface area contributed by atoms with Crippen LogP contribution in [0.5, 0.6) is 5.75 Å². The second-order valence-corrected chi connectivity index (χ2v) is 5.39. The fourth-order valence-electron chi connectivity index (χ4n) is 2.65. The second kappa shape index (κ2) is 5.81. The maximum atomic E-state index is 5.39. The van der Waals surface area contributed by atoms with Crippen LogP contribution in [0.3, 0.4) is 0 Å². The van der Waals surface area contributed by atoms with Crippen molar-refractivity contribution in [2.75, 3.05) is 7.11 Å². The molecule has 0 spiro atoms. The van der Waals surface area contributed by atoms with Crippen molar-refractivity contribution in [3.63, 3.8) is 0 Å². The first-order valence-electron chi connectivity index (χ1n) is 7.72. The summed E-state index contributed by atoms with van der Waals surface area (Å²) in [5, 5.41) is 4.09. The quantitative estimate of drug-likeness (QED) is 0.572. The average molecular weight is 320 g/mol. The van der Waals surface area contributed by atoms with Gasteiger partial charge in [-0.05, 0) is 49.4 Å². The number of hydrogen-bond acceptors (Lipinski definition) is 5. The molecular weight excluding hydrogens is 304 g/mol. The van der Waals surface area contributed by atoms with Crippen molar-refractivity contribution in [2.24, 2.45) is 0 Å². The first kappa shape index (κ1) is 14.4. The molecule has 0 fully saturated rings. The van der Waals surface area contributed by atoms with Gasteiger partial charge in [-0.15, -0.1) is 0 Å². The Hall–Kier alpha value is -3.15. The smallest absolute Gasteiger partial charge is 0.258 e. The van der Waals surface area contributed by atoms with Crippen molar-refractivity contribution in [1.82, 2.24) is 19.7 Å². The lowest BCUT2D eigenvalue weighted by Crippen LogP contribution is -1.90. The van der Waals surface area contributed by atoms with E-state index in [0.717, 1.165) is 34.5 Å². The highest BCUT2D eigenvalue weighted by molar-refractivity contribution is 5.80. The van der Waals surface area contributed by atoms with E-state index in [4.69, 9.17) is 9.26 Å². The van der Waals surface area contributed by atoms with Crippen LogP contribution in [0, 0.1) is 0 Å². The molecule has 0 radical (unpaired) electrons. The van der Waals surface area contributed by atoms with E-state index in [9.17, 15) is 0 Å². The maximum absolute atomic E-state index is 5.39. The molecule has 4 rings (SSSR count). The molecule has 2 aromatic heterocycles. The predicted molar refractivity (Wildman–Crippen MR) is 90.7 cm³/mol. The molecule has 2 aromatic carbocycles. The summed E-state index contributed by atoms with van der Waals surface area (Å²) in [5.41, 5.74) is 3.75. The molecule has 0 saturated heterocycles. The molecule has 0 amide bonds. The summed E-state index contributed by atoms with van der Waals surface area (Å²) in [6, 6.07) is 13.5. The molecule has 120 valence electrons. The third-order valence-electron chi connectivity index (χ3n) is 3.98. The lowest BCUT2D eigenvalue weighted by atomic mass is 10.2. The van der Waals surface area contributed by atoms with E-state index in [1.54, 1.807) is 7.11 Å². The zero-order chi connectivity index (χ0) is 16.5. The lowest BCUT2D eigenvalue weighted by molar-refractivity contribution is 0.414. The molecule has 0 aliphatic rings. The number of fused-ring (bicyclic) bond motifs is 1. The highest BCUT2D eigenvalue weighted by atomic mass is 16.5. The number of methoxy groups -OCH3 is 1. The molecule has 0 unspecified atom stereocenters. The first-order valence-corrected chi connectivity index (χ1v) is 7.72. The number of ether oxygens (including phenoxy) is 1. The summed E-state index contributed by atoms with van der Waals surface area (Å²) in [5.74, 6) is 1.82. The summed E-state index contributed by atoms with van der Waals surface area (Å²) < 4.78 is 12.6. The van der Waals surface area contributed by atoms with Crippen LogP contribution in [0.15, 0.2) is 53.3 Å². The molecule has 0 saturated carbocycles. The van der Waals surface area contributed by atoms with Crippen molar-refractivity contribution in [1.29, 1.82) is 0 Å². The number of aryl methyl sites for hydroxylation is 1. The van der Waals surface area contributed by atoms with Crippen LogP contribution in [0.1, 0.15) is 6.92 Å². The molecule has 24 heavy (non-hydrogen) atoms. The largest absolute Gasteiger partial charge is 0.497 e. The van der Waals surface area contributed by atoms with Gasteiger partial charge in [0.15, 0.2) is 0 Å². The fourth-order valence-corrected chi connectivity index (χ4v) is 2.65. The highest BCUT2D eigenvalue weighted by Gasteiger charge is 2.12. The maximum Gasteiger partial charge on any atom is 0.258 e. The number of hydrogen-bond donors (Lipinski definition) is 0. The number of aromatic nitrogens is 4. The second-order valence-electron chi connectivity index (χ2n) is 5.39. The van der Waals surface area contributed by atoms with E-state index in [1.807, 2.05) is 48.8 Å². The third-order valence-corrected chi connectivity index (χ3v) is 3.98. The SMILES string of the molecule is CCn1cnc2cc(-c3noc(-c4ccc(OC)cc4)n3)ccc21. The van der Waals surface area contributed by atoms with Gasteiger partial charge in [-0.1, -0.05) is 5.16 Å². The Morgan fingerprint density at radius 3 is 2.62 bits per heavy atom. The summed E-state index contributed by atoms with van der Waals surface area (Å²) >= 11 is 0. The van der Waals surface area contributed by atoms with E-state index in [-0.39, 0.29) is 0 Å². The summed E-state index contributed by atoms with van der Waals surface area (Å²) in [7, 11) is 1.63. The molecule has 0 aliphatic carbocycles. The molecule has 6 heteroatoms. The molecule has 6 nitrogen and oxygen atoms in total. The van der Waals surface area contributed by atoms with Gasteiger partial charge in [0.05, 0.1) is 24.5 Å². The predicted octanol–water partition coefficient (Wildman–Crippen LogP) is 3.78. The van der Waals surface area contributed by atoms with Crippen molar-refractivity contribution in [2.45, 2.75) is 13.5 Å². The standard InChI is InChI=1S/C18H16N4O2/c1-3-22-11-19-15-10-13(6-9-16(15)22)17-20-18(24-21-17)12-4-7-14(23-2)8-5-12/h4-11H,3H2,1-2H3. The summed E-state index contributed by atoms with van der Waals surface area (Å²) in [4.78, 5) is 8.91. The van der Waals surface area contributed by atoms with Crippen molar-refractivity contribution >= 4 is 11.0 Å². The van der Waals surface area contributed by atoms with Crippen molar-refractivity contribution < 1.29 is 9.26 Å². The van der Waals surface area contributed by atoms with Crippen molar-refractivity contribution in [3.05, 3.63) is 48.8 Å². The zero-order valence-electron chi connectivity index (χ0n) is 13.4. The van der Waals surface area contributed by atoms with Crippen LogP contribution in [0.25, 0.3) is 33.9 Å². The number of rotatable bonds is 4. The van der Waals surface area contributed by atoms with Crippen LogP contribution in [0.2, 0.25) is 0 Å². The topological polar surface area (TPSA) is 66.0 Å². The van der Waals surface area contributed by atoms with E-state index >= 15 is 0 Å². The number of imidazole rings is 1. The Balaban J connectivity index is 1.68. The van der Waals surface area contributed by atoms with E-state index in [0.29, 0.717) is 11.7 Å². The average Bonchev–Trinajstić information content (AvgIpc) is 3.28. The van der Waals surface area contributed by atoms with E-state index in [2.05, 4.69) is 26.6 Å². The van der Waals surface area contributed by atoms with Crippen LogP contribution in [0.4, 0.5) is 0 Å². The lowest BCUT2D eigenvalue weighted by Gasteiger charge is -1.99. The number of benzene rings is 2. The molecule has 0 N–H and O–H groups in total. The van der Waals surface area contributed by atoms with Gasteiger partial charge in [0.1, 0.15) is 5.75 Å². The van der Waals surface area contributed by atoms with Gasteiger partial charge in [0, 0.05) is 17.7 Å². The minimum absolute atomic E-state index is 0.479. The van der Waals surface area contributed by atoms with Gasteiger partial charge in [0.25, 0.3) is 5.89 Å². The minimum atomic E-state index is 0.479. The first-order chi connectivity index (χ1) is 11.8. The van der Waals surface area contributed by atoms with Gasteiger partial charge < -0.3 is 13.8 Å². The summed E-state index contributed by atoms with van der Waals surface area (Å²) in [6.07, 6.45) is 1.84. The van der Waals surface area contributed by atoms with Gasteiger partial charge in [-0.25, -0.2) is 4.98 Å². The van der Waals surface area contributed by atoms with Crippen LogP contribution in [-0.2, 0) is 6.54 Å². The van der Waals surface area contributed by atoms with Gasteiger partial charge in [-0.2, -0.15) is 4.98 Å².